The third-order valence-corrected chi connectivity index (χ3v) is 4.69. The van der Waals surface area contributed by atoms with Gasteiger partial charge in [-0.1, -0.05) is 6.07 Å². The van der Waals surface area contributed by atoms with E-state index < -0.39 is 0 Å². The van der Waals surface area contributed by atoms with Gasteiger partial charge in [-0.25, -0.2) is 0 Å². The summed E-state index contributed by atoms with van der Waals surface area (Å²) in [5, 5.41) is 6.62. The minimum Gasteiger partial charge on any atom is -0.381 e. The molecule has 2 rings (SSSR count). The van der Waals surface area contributed by atoms with Crippen LogP contribution in [0.1, 0.15) is 32.1 Å². The van der Waals surface area contributed by atoms with Gasteiger partial charge in [0.1, 0.15) is 0 Å². The molecule has 0 unspecified atom stereocenters. The summed E-state index contributed by atoms with van der Waals surface area (Å²) >= 11 is 0. The molecule has 0 amide bonds. The number of aromatic nitrogens is 1. The van der Waals surface area contributed by atoms with E-state index in [4.69, 9.17) is 9.47 Å². The summed E-state index contributed by atoms with van der Waals surface area (Å²) in [5.41, 5.74) is 0.0574. The molecule has 1 aliphatic heterocycles. The van der Waals surface area contributed by atoms with Gasteiger partial charge in [-0.15, -0.1) is 0 Å². The summed E-state index contributed by atoms with van der Waals surface area (Å²) in [7, 11) is 1.78. The largest absolute Gasteiger partial charge is 0.381 e. The minimum absolute atomic E-state index is 0.0574. The Balaban J connectivity index is 1.45. The SMILES string of the molecule is CN=C(NCCCCn1ccccc1=O)NCCCOCC1CCOCC1. The van der Waals surface area contributed by atoms with Crippen LogP contribution < -0.4 is 16.2 Å². The van der Waals surface area contributed by atoms with E-state index in [2.05, 4.69) is 15.6 Å². The molecule has 0 aromatic carbocycles. The van der Waals surface area contributed by atoms with Crippen molar-refractivity contribution in [1.29, 1.82) is 0 Å². The average Bonchev–Trinajstić information content (AvgIpc) is 2.70. The Kier molecular flexibility index (Phi) is 10.6. The number of ether oxygens (including phenoxy) is 2. The van der Waals surface area contributed by atoms with Gasteiger partial charge in [0, 0.05) is 65.4 Å². The first-order valence-corrected chi connectivity index (χ1v) is 10.0. The second-order valence-corrected chi connectivity index (χ2v) is 6.85. The van der Waals surface area contributed by atoms with Crippen LogP contribution in [0.2, 0.25) is 0 Å². The quantitative estimate of drug-likeness (QED) is 0.348. The van der Waals surface area contributed by atoms with Crippen LogP contribution in [-0.4, -0.2) is 57.1 Å². The van der Waals surface area contributed by atoms with Crippen molar-refractivity contribution in [2.75, 3.05) is 46.6 Å². The maximum atomic E-state index is 11.6. The molecular weight excluding hydrogens is 344 g/mol. The fraction of sp³-hybridized carbons (Fsp3) is 0.700. The van der Waals surface area contributed by atoms with E-state index in [0.29, 0.717) is 5.92 Å². The predicted molar refractivity (Wildman–Crippen MR) is 108 cm³/mol. The predicted octanol–water partition coefficient (Wildman–Crippen LogP) is 1.63. The molecule has 1 aliphatic rings. The lowest BCUT2D eigenvalue weighted by Gasteiger charge is -2.21. The van der Waals surface area contributed by atoms with Crippen molar-refractivity contribution in [3.8, 4) is 0 Å². The normalized spacial score (nSPS) is 15.7. The van der Waals surface area contributed by atoms with Gasteiger partial charge in [-0.3, -0.25) is 9.79 Å². The standard InChI is InChI=1S/C20H34N4O3/c1-21-20(22-10-3-5-13-24-12-4-2-7-19(24)25)23-11-6-14-27-17-18-8-15-26-16-9-18/h2,4,7,12,18H,3,5-6,8-11,13-17H2,1H3,(H2,21,22,23). The lowest BCUT2D eigenvalue weighted by Crippen LogP contribution is -2.38. The molecule has 0 aliphatic carbocycles. The van der Waals surface area contributed by atoms with Crippen molar-refractivity contribution < 1.29 is 9.47 Å². The summed E-state index contributed by atoms with van der Waals surface area (Å²) in [4.78, 5) is 15.9. The van der Waals surface area contributed by atoms with Gasteiger partial charge < -0.3 is 24.7 Å². The van der Waals surface area contributed by atoms with E-state index in [0.717, 1.165) is 84.1 Å². The van der Waals surface area contributed by atoms with Gasteiger partial charge in [-0.2, -0.15) is 0 Å². The summed E-state index contributed by atoms with van der Waals surface area (Å²) in [5.74, 6) is 1.48. The maximum absolute atomic E-state index is 11.6. The van der Waals surface area contributed by atoms with Crippen LogP contribution in [0.3, 0.4) is 0 Å². The maximum Gasteiger partial charge on any atom is 0.250 e. The van der Waals surface area contributed by atoms with Crippen molar-refractivity contribution in [2.24, 2.45) is 10.9 Å². The van der Waals surface area contributed by atoms with Crippen molar-refractivity contribution in [2.45, 2.75) is 38.6 Å². The van der Waals surface area contributed by atoms with Crippen molar-refractivity contribution in [3.05, 3.63) is 34.7 Å². The zero-order valence-corrected chi connectivity index (χ0v) is 16.5. The number of aliphatic imine (C=N–C) groups is 1. The average molecular weight is 379 g/mol. The minimum atomic E-state index is 0.0574. The van der Waals surface area contributed by atoms with Gasteiger partial charge in [0.25, 0.3) is 0 Å². The molecule has 1 saturated heterocycles. The number of nitrogens with zero attached hydrogens (tertiary/aromatic N) is 2. The van der Waals surface area contributed by atoms with Crippen LogP contribution in [0.4, 0.5) is 0 Å². The van der Waals surface area contributed by atoms with Gasteiger partial charge in [-0.05, 0) is 44.1 Å². The number of nitrogens with one attached hydrogen (secondary N) is 2. The third kappa shape index (κ3) is 9.06. The Bertz CT molecular complexity index is 597. The number of unbranched alkanes of at least 4 members (excludes halogenated alkanes) is 1. The highest BCUT2D eigenvalue weighted by Crippen LogP contribution is 2.14. The fourth-order valence-electron chi connectivity index (χ4n) is 3.02. The molecule has 1 fully saturated rings. The molecule has 152 valence electrons. The molecule has 1 aromatic rings. The zero-order valence-electron chi connectivity index (χ0n) is 16.5. The highest BCUT2D eigenvalue weighted by Gasteiger charge is 2.13. The number of pyridine rings is 1. The van der Waals surface area contributed by atoms with Gasteiger partial charge in [0.05, 0.1) is 0 Å². The lowest BCUT2D eigenvalue weighted by atomic mass is 10.0. The summed E-state index contributed by atoms with van der Waals surface area (Å²) in [6, 6.07) is 5.25. The Morgan fingerprint density at radius 3 is 2.74 bits per heavy atom. The van der Waals surface area contributed by atoms with Crippen LogP contribution >= 0.6 is 0 Å². The molecule has 27 heavy (non-hydrogen) atoms. The van der Waals surface area contributed by atoms with E-state index in [1.165, 1.54) is 0 Å². The Hall–Kier alpha value is -1.86. The smallest absolute Gasteiger partial charge is 0.250 e. The number of rotatable bonds is 11. The first-order valence-electron chi connectivity index (χ1n) is 10.0. The molecule has 7 nitrogen and oxygen atoms in total. The summed E-state index contributed by atoms with van der Waals surface area (Å²) in [6.45, 7) is 5.79. The molecule has 0 spiro atoms. The van der Waals surface area contributed by atoms with Crippen LogP contribution in [0.5, 0.6) is 0 Å². The van der Waals surface area contributed by atoms with E-state index in [1.807, 2.05) is 12.3 Å². The van der Waals surface area contributed by atoms with Crippen molar-refractivity contribution in [3.63, 3.8) is 0 Å². The summed E-state index contributed by atoms with van der Waals surface area (Å²) in [6.07, 6.45) is 6.97. The zero-order chi connectivity index (χ0) is 19.2. The van der Waals surface area contributed by atoms with Crippen LogP contribution in [0, 0.1) is 5.92 Å². The first-order chi connectivity index (χ1) is 13.3. The van der Waals surface area contributed by atoms with Crippen LogP contribution in [-0.2, 0) is 16.0 Å². The molecular formula is C20H34N4O3. The van der Waals surface area contributed by atoms with E-state index in [9.17, 15) is 4.79 Å². The Morgan fingerprint density at radius 2 is 2.00 bits per heavy atom. The monoisotopic (exact) mass is 378 g/mol. The molecule has 0 bridgehead atoms. The topological polar surface area (TPSA) is 76.9 Å². The highest BCUT2D eigenvalue weighted by molar-refractivity contribution is 5.79. The molecule has 0 saturated carbocycles. The van der Waals surface area contributed by atoms with Crippen LogP contribution in [0.25, 0.3) is 0 Å². The lowest BCUT2D eigenvalue weighted by molar-refractivity contribution is 0.0203. The molecule has 2 N–H and O–H groups in total. The molecule has 1 aromatic heterocycles. The first kappa shape index (κ1) is 21.4. The second kappa shape index (κ2) is 13.3. The number of guanidine groups is 1. The number of hydrogen-bond acceptors (Lipinski definition) is 4. The van der Waals surface area contributed by atoms with Gasteiger partial charge in [0.2, 0.25) is 5.56 Å². The number of hydrogen-bond donors (Lipinski definition) is 2. The Morgan fingerprint density at radius 1 is 1.22 bits per heavy atom. The summed E-state index contributed by atoms with van der Waals surface area (Å²) < 4.78 is 12.9. The molecule has 0 radical (unpaired) electrons. The third-order valence-electron chi connectivity index (χ3n) is 4.69. The van der Waals surface area contributed by atoms with Crippen molar-refractivity contribution >= 4 is 5.96 Å². The highest BCUT2D eigenvalue weighted by atomic mass is 16.5. The van der Waals surface area contributed by atoms with Crippen molar-refractivity contribution in [1.82, 2.24) is 15.2 Å². The fourth-order valence-corrected chi connectivity index (χ4v) is 3.02. The molecule has 2 heterocycles. The second-order valence-electron chi connectivity index (χ2n) is 6.85. The Labute approximate surface area is 162 Å². The van der Waals surface area contributed by atoms with Crippen LogP contribution in [0.15, 0.2) is 34.2 Å². The molecule has 7 heteroatoms. The van der Waals surface area contributed by atoms with E-state index >= 15 is 0 Å². The van der Waals surface area contributed by atoms with E-state index in [1.54, 1.807) is 23.7 Å². The van der Waals surface area contributed by atoms with Gasteiger partial charge in [0.15, 0.2) is 5.96 Å². The number of aryl methyl sites for hydroxylation is 1. The van der Waals surface area contributed by atoms with E-state index in [-0.39, 0.29) is 5.56 Å². The molecule has 0 atom stereocenters. The van der Waals surface area contributed by atoms with Gasteiger partial charge >= 0.3 is 0 Å².